The molecule has 0 spiro atoms. The molecule has 0 fully saturated rings. The van der Waals surface area contributed by atoms with Crippen LogP contribution in [0.5, 0.6) is 5.75 Å². The number of aryl methyl sites for hydroxylation is 1. The number of ether oxygens (including phenoxy) is 1. The van der Waals surface area contributed by atoms with Gasteiger partial charge in [0.15, 0.2) is 6.61 Å². The number of nitrogens with one attached hydrogen (secondary N) is 1. The van der Waals surface area contributed by atoms with E-state index in [4.69, 9.17) is 4.74 Å². The maximum atomic E-state index is 13.0. The highest BCUT2D eigenvalue weighted by molar-refractivity contribution is 5.94. The van der Waals surface area contributed by atoms with Crippen molar-refractivity contribution in [3.63, 3.8) is 0 Å². The van der Waals surface area contributed by atoms with E-state index in [-0.39, 0.29) is 24.5 Å². The molecule has 152 valence electrons. The Labute approximate surface area is 175 Å². The lowest BCUT2D eigenvalue weighted by Gasteiger charge is -2.28. The summed E-state index contributed by atoms with van der Waals surface area (Å²) in [6, 6.07) is 20.7. The van der Waals surface area contributed by atoms with E-state index in [1.807, 2.05) is 60.7 Å². The number of rotatable bonds is 6. The molecule has 1 aliphatic heterocycles. The van der Waals surface area contributed by atoms with Gasteiger partial charge in [-0.25, -0.2) is 0 Å². The smallest absolute Gasteiger partial charge is 0.261 e. The van der Waals surface area contributed by atoms with Gasteiger partial charge in [0, 0.05) is 25.4 Å². The van der Waals surface area contributed by atoms with E-state index >= 15 is 0 Å². The maximum absolute atomic E-state index is 13.0. The van der Waals surface area contributed by atoms with Crippen LogP contribution in [0.1, 0.15) is 29.3 Å². The van der Waals surface area contributed by atoms with Crippen molar-refractivity contribution < 1.29 is 14.3 Å². The minimum Gasteiger partial charge on any atom is -0.484 e. The van der Waals surface area contributed by atoms with Crippen molar-refractivity contribution in [1.29, 1.82) is 0 Å². The number of carbonyl (C=O) groups is 2. The van der Waals surface area contributed by atoms with Gasteiger partial charge in [0.2, 0.25) is 5.91 Å². The fourth-order valence-corrected chi connectivity index (χ4v) is 3.61. The quantitative estimate of drug-likeness (QED) is 0.685. The number of nitrogens with zero attached hydrogens (tertiary/aromatic N) is 2. The first-order chi connectivity index (χ1) is 14.6. The highest BCUT2D eigenvalue weighted by Gasteiger charge is 2.25. The van der Waals surface area contributed by atoms with Crippen LogP contribution >= 0.6 is 0 Å². The summed E-state index contributed by atoms with van der Waals surface area (Å²) >= 11 is 0. The minimum atomic E-state index is -0.303. The monoisotopic (exact) mass is 401 g/mol. The molecule has 3 aromatic rings. The third kappa shape index (κ3) is 4.33. The predicted molar refractivity (Wildman–Crippen MR) is 114 cm³/mol. The lowest BCUT2D eigenvalue weighted by atomic mass is 10.0. The van der Waals surface area contributed by atoms with Gasteiger partial charge in [0.25, 0.3) is 5.91 Å². The molecule has 1 aromatic heterocycles. The summed E-state index contributed by atoms with van der Waals surface area (Å²) < 4.78 is 5.78. The molecule has 0 bridgehead atoms. The first-order valence-electron chi connectivity index (χ1n) is 9.89. The van der Waals surface area contributed by atoms with Crippen LogP contribution in [-0.4, -0.2) is 35.4 Å². The Hall–Kier alpha value is -3.67. The number of hydrogen-bond donors (Lipinski definition) is 1. The van der Waals surface area contributed by atoms with Crippen molar-refractivity contribution in [2.75, 3.05) is 19.0 Å². The molecule has 1 unspecified atom stereocenters. The van der Waals surface area contributed by atoms with E-state index in [0.717, 1.165) is 22.5 Å². The van der Waals surface area contributed by atoms with Crippen LogP contribution in [0.4, 0.5) is 5.69 Å². The van der Waals surface area contributed by atoms with Crippen LogP contribution < -0.4 is 10.1 Å². The van der Waals surface area contributed by atoms with Crippen molar-refractivity contribution in [2.24, 2.45) is 0 Å². The minimum absolute atomic E-state index is 0.0226. The van der Waals surface area contributed by atoms with Gasteiger partial charge in [-0.2, -0.15) is 0 Å². The van der Waals surface area contributed by atoms with E-state index in [0.29, 0.717) is 18.6 Å². The third-order valence-corrected chi connectivity index (χ3v) is 5.20. The molecule has 0 saturated carbocycles. The summed E-state index contributed by atoms with van der Waals surface area (Å²) in [6.07, 6.45) is 2.86. The van der Waals surface area contributed by atoms with Crippen LogP contribution in [0.2, 0.25) is 0 Å². The average molecular weight is 401 g/mol. The Kier molecular flexibility index (Phi) is 5.75. The van der Waals surface area contributed by atoms with Crippen molar-refractivity contribution in [3.8, 4) is 5.75 Å². The van der Waals surface area contributed by atoms with Gasteiger partial charge in [0.05, 0.1) is 11.7 Å². The Morgan fingerprint density at radius 2 is 1.90 bits per heavy atom. The fraction of sp³-hybridized carbons (Fsp3) is 0.208. The predicted octanol–water partition coefficient (Wildman–Crippen LogP) is 3.59. The molecule has 2 heterocycles. The number of amides is 2. The lowest BCUT2D eigenvalue weighted by Crippen LogP contribution is -2.35. The topological polar surface area (TPSA) is 71.5 Å². The fourth-order valence-electron chi connectivity index (χ4n) is 3.61. The number of likely N-dealkylation sites (N-methyl/N-ethyl adjacent to an activating group) is 1. The number of aromatic nitrogens is 1. The standard InChI is InChI=1S/C24H23N3O3/c1-27(24(17-7-3-2-4-8-17)21-9-5-6-14-25-21)23(29)16-30-19-11-12-20-18(15-19)10-13-22(28)26-20/h2-9,11-12,14-15,24H,10,13,16H2,1H3,(H,26,28). The molecule has 2 aromatic carbocycles. The largest absolute Gasteiger partial charge is 0.484 e. The molecule has 1 N–H and O–H groups in total. The zero-order chi connectivity index (χ0) is 20.9. The van der Waals surface area contributed by atoms with Gasteiger partial charge in [-0.3, -0.25) is 14.6 Å². The second kappa shape index (κ2) is 8.78. The summed E-state index contributed by atoms with van der Waals surface area (Å²) in [4.78, 5) is 30.6. The second-order valence-corrected chi connectivity index (χ2v) is 7.23. The lowest BCUT2D eigenvalue weighted by molar-refractivity contribution is -0.133. The van der Waals surface area contributed by atoms with Crippen LogP contribution in [-0.2, 0) is 16.0 Å². The number of anilines is 1. The van der Waals surface area contributed by atoms with Crippen LogP contribution in [0, 0.1) is 0 Å². The molecule has 1 aliphatic rings. The van der Waals surface area contributed by atoms with Gasteiger partial charge in [-0.1, -0.05) is 36.4 Å². The second-order valence-electron chi connectivity index (χ2n) is 7.23. The number of pyridine rings is 1. The Morgan fingerprint density at radius 3 is 2.67 bits per heavy atom. The summed E-state index contributed by atoms with van der Waals surface area (Å²) in [6.45, 7) is -0.0855. The first kappa shape index (κ1) is 19.6. The molecule has 30 heavy (non-hydrogen) atoms. The van der Waals surface area contributed by atoms with E-state index in [9.17, 15) is 9.59 Å². The molecular weight excluding hydrogens is 378 g/mol. The van der Waals surface area contributed by atoms with Gasteiger partial charge < -0.3 is 15.0 Å². The molecule has 0 saturated heterocycles. The number of hydrogen-bond acceptors (Lipinski definition) is 4. The highest BCUT2D eigenvalue weighted by Crippen LogP contribution is 2.28. The number of carbonyl (C=O) groups excluding carboxylic acids is 2. The molecule has 0 aliphatic carbocycles. The van der Waals surface area contributed by atoms with E-state index in [1.165, 1.54) is 0 Å². The van der Waals surface area contributed by atoms with Crippen molar-refractivity contribution >= 4 is 17.5 Å². The Balaban J connectivity index is 1.48. The summed E-state index contributed by atoms with van der Waals surface area (Å²) in [5.74, 6) is 0.482. The molecule has 4 rings (SSSR count). The summed E-state index contributed by atoms with van der Waals surface area (Å²) in [5.41, 5.74) is 3.60. The average Bonchev–Trinajstić information content (AvgIpc) is 2.79. The van der Waals surface area contributed by atoms with Crippen LogP contribution in [0.25, 0.3) is 0 Å². The maximum Gasteiger partial charge on any atom is 0.261 e. The highest BCUT2D eigenvalue weighted by atomic mass is 16.5. The van der Waals surface area contributed by atoms with Gasteiger partial charge in [-0.05, 0) is 47.9 Å². The van der Waals surface area contributed by atoms with Crippen molar-refractivity contribution in [2.45, 2.75) is 18.9 Å². The molecule has 1 atom stereocenters. The molecule has 6 heteroatoms. The number of fused-ring (bicyclic) bond motifs is 1. The zero-order valence-corrected chi connectivity index (χ0v) is 16.7. The van der Waals surface area contributed by atoms with E-state index in [2.05, 4.69) is 10.3 Å². The molecular formula is C24H23N3O3. The van der Waals surface area contributed by atoms with Crippen LogP contribution in [0.3, 0.4) is 0 Å². The van der Waals surface area contributed by atoms with Crippen LogP contribution in [0.15, 0.2) is 72.9 Å². The molecule has 0 radical (unpaired) electrons. The zero-order valence-electron chi connectivity index (χ0n) is 16.7. The van der Waals surface area contributed by atoms with E-state index in [1.54, 1.807) is 24.2 Å². The number of benzene rings is 2. The normalized spacial score (nSPS) is 13.7. The first-order valence-corrected chi connectivity index (χ1v) is 9.89. The van der Waals surface area contributed by atoms with Crippen molar-refractivity contribution in [3.05, 3.63) is 89.7 Å². The van der Waals surface area contributed by atoms with E-state index < -0.39 is 0 Å². The molecule has 2 amide bonds. The summed E-state index contributed by atoms with van der Waals surface area (Å²) in [7, 11) is 1.76. The third-order valence-electron chi connectivity index (χ3n) is 5.20. The van der Waals surface area contributed by atoms with Gasteiger partial charge in [0.1, 0.15) is 5.75 Å². The summed E-state index contributed by atoms with van der Waals surface area (Å²) in [5, 5.41) is 2.84. The molecule has 6 nitrogen and oxygen atoms in total. The SMILES string of the molecule is CN(C(=O)COc1ccc2c(c1)CCC(=O)N2)C(c1ccccc1)c1ccccn1. The van der Waals surface area contributed by atoms with Crippen molar-refractivity contribution in [1.82, 2.24) is 9.88 Å². The van der Waals surface area contributed by atoms with Gasteiger partial charge in [-0.15, -0.1) is 0 Å². The van der Waals surface area contributed by atoms with Gasteiger partial charge >= 0.3 is 0 Å². The Morgan fingerprint density at radius 1 is 1.10 bits per heavy atom. The Bertz CT molecular complexity index is 999.